The molecule has 114 valence electrons. The molecule has 2 aliphatic carbocycles. The first kappa shape index (κ1) is 14.4. The Morgan fingerprint density at radius 1 is 1.19 bits per heavy atom. The first-order chi connectivity index (χ1) is 10.1. The van der Waals surface area contributed by atoms with Crippen molar-refractivity contribution in [2.24, 2.45) is 0 Å². The van der Waals surface area contributed by atoms with Crippen molar-refractivity contribution in [2.45, 2.75) is 50.7 Å². The van der Waals surface area contributed by atoms with Crippen molar-refractivity contribution < 1.29 is 14.7 Å². The lowest BCUT2D eigenvalue weighted by atomic mass is 10.3. The fourth-order valence-electron chi connectivity index (χ4n) is 2.51. The number of urea groups is 1. The third-order valence-corrected chi connectivity index (χ3v) is 4.80. The molecule has 21 heavy (non-hydrogen) atoms. The molecule has 0 spiro atoms. The lowest BCUT2D eigenvalue weighted by molar-refractivity contribution is -0.137. The Balaban J connectivity index is 1.67. The highest BCUT2D eigenvalue weighted by atomic mass is 32.1. The van der Waals surface area contributed by atoms with Gasteiger partial charge in [-0.2, -0.15) is 0 Å². The van der Waals surface area contributed by atoms with Crippen LogP contribution in [0.15, 0.2) is 17.5 Å². The summed E-state index contributed by atoms with van der Waals surface area (Å²) in [6.07, 6.45) is 4.16. The first-order valence-corrected chi connectivity index (χ1v) is 8.34. The average molecular weight is 308 g/mol. The van der Waals surface area contributed by atoms with E-state index in [4.69, 9.17) is 5.11 Å². The summed E-state index contributed by atoms with van der Waals surface area (Å²) in [5, 5.41) is 10.9. The lowest BCUT2D eigenvalue weighted by Gasteiger charge is -2.30. The van der Waals surface area contributed by atoms with Crippen LogP contribution in [0.4, 0.5) is 4.79 Å². The van der Waals surface area contributed by atoms with Crippen molar-refractivity contribution in [2.75, 3.05) is 6.54 Å². The maximum atomic E-state index is 12.8. The highest BCUT2D eigenvalue weighted by molar-refractivity contribution is 7.09. The molecule has 0 unspecified atom stereocenters. The molecule has 3 rings (SSSR count). The number of amides is 2. The molecular formula is C15H20N2O3S. The van der Waals surface area contributed by atoms with Crippen LogP contribution < -0.4 is 0 Å². The Morgan fingerprint density at radius 3 is 2.38 bits per heavy atom. The van der Waals surface area contributed by atoms with Gasteiger partial charge in [0.05, 0.1) is 13.0 Å². The van der Waals surface area contributed by atoms with Gasteiger partial charge in [0.1, 0.15) is 0 Å². The van der Waals surface area contributed by atoms with E-state index in [1.807, 2.05) is 22.4 Å². The molecule has 2 aliphatic rings. The fourth-order valence-corrected chi connectivity index (χ4v) is 3.21. The van der Waals surface area contributed by atoms with Crippen LogP contribution in [0, 0.1) is 0 Å². The van der Waals surface area contributed by atoms with Crippen LogP contribution in [-0.2, 0) is 11.3 Å². The average Bonchev–Trinajstić information content (AvgIpc) is 3.37. The van der Waals surface area contributed by atoms with Crippen LogP contribution in [0.3, 0.4) is 0 Å². The molecule has 2 fully saturated rings. The van der Waals surface area contributed by atoms with E-state index in [9.17, 15) is 9.59 Å². The molecule has 1 heterocycles. The topological polar surface area (TPSA) is 60.9 Å². The number of carbonyl (C=O) groups is 2. The predicted octanol–water partition coefficient (Wildman–Crippen LogP) is 2.77. The molecule has 6 heteroatoms. The molecule has 1 aromatic heterocycles. The Kier molecular flexibility index (Phi) is 4.14. The van der Waals surface area contributed by atoms with Gasteiger partial charge in [-0.15, -0.1) is 11.3 Å². The summed E-state index contributed by atoms with van der Waals surface area (Å²) < 4.78 is 0. The van der Waals surface area contributed by atoms with Gasteiger partial charge in [0.25, 0.3) is 0 Å². The van der Waals surface area contributed by atoms with E-state index in [1.54, 1.807) is 16.2 Å². The Hall–Kier alpha value is -1.56. The van der Waals surface area contributed by atoms with Crippen molar-refractivity contribution >= 4 is 23.3 Å². The van der Waals surface area contributed by atoms with Crippen LogP contribution in [0.1, 0.15) is 37.0 Å². The highest BCUT2D eigenvalue weighted by Crippen LogP contribution is 2.33. The monoisotopic (exact) mass is 308 g/mol. The van der Waals surface area contributed by atoms with Crippen LogP contribution in [-0.4, -0.2) is 45.5 Å². The van der Waals surface area contributed by atoms with Crippen LogP contribution in [0.5, 0.6) is 0 Å². The third-order valence-electron chi connectivity index (χ3n) is 3.94. The predicted molar refractivity (Wildman–Crippen MR) is 80.3 cm³/mol. The fraction of sp³-hybridized carbons (Fsp3) is 0.600. The van der Waals surface area contributed by atoms with Crippen molar-refractivity contribution in [3.8, 4) is 0 Å². The quantitative estimate of drug-likeness (QED) is 0.842. The minimum atomic E-state index is -0.843. The molecule has 1 aromatic rings. The number of nitrogens with zero attached hydrogens (tertiary/aromatic N) is 2. The summed E-state index contributed by atoms with van der Waals surface area (Å²) in [7, 11) is 0. The van der Waals surface area contributed by atoms with E-state index in [-0.39, 0.29) is 18.5 Å². The van der Waals surface area contributed by atoms with Crippen LogP contribution in [0.25, 0.3) is 0 Å². The molecule has 2 saturated carbocycles. The second kappa shape index (κ2) is 6.05. The van der Waals surface area contributed by atoms with Gasteiger partial charge >= 0.3 is 12.0 Å². The van der Waals surface area contributed by atoms with Crippen LogP contribution in [0.2, 0.25) is 0 Å². The number of hydrogen-bond donors (Lipinski definition) is 1. The third kappa shape index (κ3) is 3.75. The molecule has 0 saturated heterocycles. The van der Waals surface area contributed by atoms with Crippen molar-refractivity contribution in [1.29, 1.82) is 0 Å². The molecule has 0 bridgehead atoms. The number of hydrogen-bond acceptors (Lipinski definition) is 3. The second-order valence-electron chi connectivity index (χ2n) is 5.79. The van der Waals surface area contributed by atoms with E-state index >= 15 is 0 Å². The van der Waals surface area contributed by atoms with Gasteiger partial charge in [-0.25, -0.2) is 4.79 Å². The highest BCUT2D eigenvalue weighted by Gasteiger charge is 2.40. The number of thiophene rings is 1. The Bertz CT molecular complexity index is 509. The van der Waals surface area contributed by atoms with E-state index in [0.29, 0.717) is 19.1 Å². The number of carbonyl (C=O) groups excluding carboxylic acids is 1. The molecule has 0 atom stereocenters. The summed E-state index contributed by atoms with van der Waals surface area (Å²) >= 11 is 1.66. The molecule has 1 N–H and O–H groups in total. The second-order valence-corrected chi connectivity index (χ2v) is 6.82. The smallest absolute Gasteiger partial charge is 0.320 e. The largest absolute Gasteiger partial charge is 0.481 e. The van der Waals surface area contributed by atoms with Gasteiger partial charge < -0.3 is 14.9 Å². The van der Waals surface area contributed by atoms with Gasteiger partial charge in [-0.3, -0.25) is 4.79 Å². The molecule has 0 aromatic carbocycles. The standard InChI is InChI=1S/C15H20N2O3S/c18-14(19)7-8-16(11-3-4-11)15(20)17(12-5-6-12)10-13-2-1-9-21-13/h1-2,9,11-12H,3-8,10H2,(H,18,19). The maximum Gasteiger partial charge on any atom is 0.320 e. The van der Waals surface area contributed by atoms with E-state index in [2.05, 4.69) is 0 Å². The minimum Gasteiger partial charge on any atom is -0.481 e. The molecular weight excluding hydrogens is 288 g/mol. The number of rotatable bonds is 7. The van der Waals surface area contributed by atoms with Crippen molar-refractivity contribution in [1.82, 2.24) is 9.80 Å². The summed E-state index contributed by atoms with van der Waals surface area (Å²) in [6.45, 7) is 0.976. The molecule has 5 nitrogen and oxygen atoms in total. The van der Waals surface area contributed by atoms with Crippen LogP contribution >= 0.6 is 11.3 Å². The summed E-state index contributed by atoms with van der Waals surface area (Å²) in [6, 6.07) is 4.66. The SMILES string of the molecule is O=C(O)CCN(C(=O)N(Cc1cccs1)C1CC1)C1CC1. The summed E-state index contributed by atoms with van der Waals surface area (Å²) in [4.78, 5) is 28.5. The van der Waals surface area contributed by atoms with E-state index in [1.165, 1.54) is 4.88 Å². The van der Waals surface area contributed by atoms with Gasteiger partial charge in [0.2, 0.25) is 0 Å². The molecule has 0 aliphatic heterocycles. The summed E-state index contributed by atoms with van der Waals surface area (Å²) in [5.74, 6) is -0.843. The Labute approximate surface area is 128 Å². The number of carboxylic acids is 1. The number of carboxylic acid groups (broad SMARTS) is 1. The van der Waals surface area contributed by atoms with E-state index in [0.717, 1.165) is 25.7 Å². The zero-order valence-corrected chi connectivity index (χ0v) is 12.7. The maximum absolute atomic E-state index is 12.8. The zero-order valence-electron chi connectivity index (χ0n) is 11.9. The van der Waals surface area contributed by atoms with Crippen molar-refractivity contribution in [3.63, 3.8) is 0 Å². The number of aliphatic carboxylic acids is 1. The van der Waals surface area contributed by atoms with E-state index < -0.39 is 5.97 Å². The zero-order chi connectivity index (χ0) is 14.8. The van der Waals surface area contributed by atoms with Gasteiger partial charge in [0, 0.05) is 23.5 Å². The summed E-state index contributed by atoms with van der Waals surface area (Å²) in [5.41, 5.74) is 0. The van der Waals surface area contributed by atoms with Gasteiger partial charge in [-0.05, 0) is 37.1 Å². The normalized spacial score (nSPS) is 17.5. The van der Waals surface area contributed by atoms with Gasteiger partial charge in [-0.1, -0.05) is 6.07 Å². The minimum absolute atomic E-state index is 0.0228. The first-order valence-electron chi connectivity index (χ1n) is 7.46. The van der Waals surface area contributed by atoms with Gasteiger partial charge in [0.15, 0.2) is 0 Å². The Morgan fingerprint density at radius 2 is 1.86 bits per heavy atom. The molecule has 0 radical (unpaired) electrons. The van der Waals surface area contributed by atoms with Crippen molar-refractivity contribution in [3.05, 3.63) is 22.4 Å². The molecule has 2 amide bonds. The lowest BCUT2D eigenvalue weighted by Crippen LogP contribution is -2.45.